The maximum Gasteiger partial charge on any atom is 0.251 e. The molecule has 11 heteroatoms. The molecular weight excluding hydrogens is 414 g/mol. The summed E-state index contributed by atoms with van der Waals surface area (Å²) in [6, 6.07) is 4.97. The summed E-state index contributed by atoms with van der Waals surface area (Å²) in [7, 11) is -3.67. The van der Waals surface area contributed by atoms with Gasteiger partial charge in [-0.05, 0) is 49.7 Å². The number of rotatable bonds is 6. The Balaban J connectivity index is 1.53. The quantitative estimate of drug-likeness (QED) is 0.664. The fourth-order valence-corrected chi connectivity index (χ4v) is 5.10. The van der Waals surface area contributed by atoms with Gasteiger partial charge in [-0.1, -0.05) is 6.07 Å². The van der Waals surface area contributed by atoms with Crippen LogP contribution in [0.3, 0.4) is 0 Å². The first-order valence-electron chi connectivity index (χ1n) is 9.50. The van der Waals surface area contributed by atoms with Crippen molar-refractivity contribution in [1.82, 2.24) is 24.4 Å². The molecule has 9 nitrogen and oxygen atoms in total. The van der Waals surface area contributed by atoms with Gasteiger partial charge in [-0.25, -0.2) is 8.42 Å². The highest BCUT2D eigenvalue weighted by Crippen LogP contribution is 2.35. The van der Waals surface area contributed by atoms with Crippen molar-refractivity contribution >= 4 is 28.1 Å². The van der Waals surface area contributed by atoms with Crippen molar-refractivity contribution in [3.8, 4) is 0 Å². The van der Waals surface area contributed by atoms with Gasteiger partial charge in [0.1, 0.15) is 0 Å². The van der Waals surface area contributed by atoms with Crippen LogP contribution in [0.2, 0.25) is 0 Å². The number of H-pyrrole nitrogens is 1. The number of carbonyl (C=O) groups excluding carboxylic acids is 1. The summed E-state index contributed by atoms with van der Waals surface area (Å²) < 4.78 is 34.9. The molecule has 2 N–H and O–H groups in total. The molecule has 1 aliphatic carbocycles. The third kappa shape index (κ3) is 4.13. The van der Waals surface area contributed by atoms with E-state index in [1.165, 1.54) is 16.4 Å². The first kappa shape index (κ1) is 20.2. The van der Waals surface area contributed by atoms with Crippen molar-refractivity contribution in [3.63, 3.8) is 0 Å². The molecule has 1 aliphatic heterocycles. The number of aryl methyl sites for hydroxylation is 1. The summed E-state index contributed by atoms with van der Waals surface area (Å²) in [5.41, 5.74) is 1.02. The van der Waals surface area contributed by atoms with Crippen molar-refractivity contribution in [2.24, 2.45) is 0 Å². The Kier molecular flexibility index (Phi) is 5.56. The van der Waals surface area contributed by atoms with Gasteiger partial charge in [-0.3, -0.25) is 14.5 Å². The highest BCUT2D eigenvalue weighted by molar-refractivity contribution is 7.89. The van der Waals surface area contributed by atoms with E-state index in [4.69, 9.17) is 17.0 Å². The molecule has 0 unspecified atom stereocenters. The molecule has 0 bridgehead atoms. The van der Waals surface area contributed by atoms with E-state index < -0.39 is 10.0 Å². The predicted molar refractivity (Wildman–Crippen MR) is 108 cm³/mol. The lowest BCUT2D eigenvalue weighted by Gasteiger charge is -2.26. The van der Waals surface area contributed by atoms with Crippen molar-refractivity contribution in [2.75, 3.05) is 26.3 Å². The largest absolute Gasteiger partial charge is 0.379 e. The standard InChI is InChI=1S/C18H23N5O4S2/c1-12-2-5-14(29(25,26)22-6-8-27-9-7-22)10-15(12)17(24)19-11-16-20-21-18(28)23(16)13-3-4-13/h2,5,10,13H,3-4,6-9,11H2,1H3,(H,19,24)(H,21,28). The lowest BCUT2D eigenvalue weighted by atomic mass is 10.1. The summed E-state index contributed by atoms with van der Waals surface area (Å²) >= 11 is 5.26. The van der Waals surface area contributed by atoms with Gasteiger partial charge >= 0.3 is 0 Å². The van der Waals surface area contributed by atoms with E-state index in [0.29, 0.717) is 54.1 Å². The molecule has 2 heterocycles. The Morgan fingerprint density at radius 1 is 1.34 bits per heavy atom. The highest BCUT2D eigenvalue weighted by atomic mass is 32.2. The Bertz CT molecular complexity index is 1080. The smallest absolute Gasteiger partial charge is 0.251 e. The van der Waals surface area contributed by atoms with E-state index in [9.17, 15) is 13.2 Å². The average Bonchev–Trinajstić information content (AvgIpc) is 3.49. The van der Waals surface area contributed by atoms with Crippen LogP contribution in [0.25, 0.3) is 0 Å². The van der Waals surface area contributed by atoms with E-state index in [-0.39, 0.29) is 17.3 Å². The van der Waals surface area contributed by atoms with Crippen molar-refractivity contribution in [2.45, 2.75) is 37.2 Å². The third-order valence-corrected chi connectivity index (χ3v) is 7.34. The fraction of sp³-hybridized carbons (Fsp3) is 0.500. The molecule has 1 amide bonds. The van der Waals surface area contributed by atoms with Gasteiger partial charge in [-0.15, -0.1) is 0 Å². The molecule has 0 atom stereocenters. The van der Waals surface area contributed by atoms with E-state index in [1.807, 2.05) is 4.57 Å². The molecule has 0 spiro atoms. The molecule has 0 radical (unpaired) electrons. The lowest BCUT2D eigenvalue weighted by molar-refractivity contribution is 0.0730. The van der Waals surface area contributed by atoms with Crippen molar-refractivity contribution in [1.29, 1.82) is 0 Å². The minimum Gasteiger partial charge on any atom is -0.379 e. The summed E-state index contributed by atoms with van der Waals surface area (Å²) in [5.74, 6) is 0.318. The molecule has 156 valence electrons. The van der Waals surface area contributed by atoms with E-state index >= 15 is 0 Å². The molecular formula is C18H23N5O4S2. The van der Waals surface area contributed by atoms with E-state index in [2.05, 4.69) is 15.5 Å². The predicted octanol–water partition coefficient (Wildman–Crippen LogP) is 1.53. The number of hydrogen-bond acceptors (Lipinski definition) is 6. The number of nitrogens with zero attached hydrogens (tertiary/aromatic N) is 3. The Morgan fingerprint density at radius 3 is 2.76 bits per heavy atom. The third-order valence-electron chi connectivity index (χ3n) is 5.16. The van der Waals surface area contributed by atoms with Crippen molar-refractivity contribution < 1.29 is 17.9 Å². The monoisotopic (exact) mass is 437 g/mol. The van der Waals surface area contributed by atoms with Crippen LogP contribution in [0.4, 0.5) is 0 Å². The second-order valence-electron chi connectivity index (χ2n) is 7.22. The van der Waals surface area contributed by atoms with E-state index in [1.54, 1.807) is 13.0 Å². The zero-order chi connectivity index (χ0) is 20.6. The van der Waals surface area contributed by atoms with E-state index in [0.717, 1.165) is 12.8 Å². The van der Waals surface area contributed by atoms with Crippen LogP contribution < -0.4 is 5.32 Å². The number of nitrogens with one attached hydrogen (secondary N) is 2. The number of aromatic nitrogens is 3. The first-order chi connectivity index (χ1) is 13.9. The number of sulfonamides is 1. The van der Waals surface area contributed by atoms with Gasteiger partial charge < -0.3 is 10.1 Å². The van der Waals surface area contributed by atoms with Crippen LogP contribution in [0.1, 0.15) is 40.6 Å². The average molecular weight is 438 g/mol. The van der Waals surface area contributed by atoms with Gasteiger partial charge in [-0.2, -0.15) is 9.40 Å². The summed E-state index contributed by atoms with van der Waals surface area (Å²) in [6.45, 7) is 3.34. The number of amides is 1. The maximum absolute atomic E-state index is 12.9. The van der Waals surface area contributed by atoms with Crippen LogP contribution in [0.15, 0.2) is 23.1 Å². The van der Waals surface area contributed by atoms with Gasteiger partial charge in [0.2, 0.25) is 10.0 Å². The molecule has 4 rings (SSSR count). The number of morpholine rings is 1. The molecule has 2 fully saturated rings. The van der Waals surface area contributed by atoms with Gasteiger partial charge in [0.25, 0.3) is 5.91 Å². The Morgan fingerprint density at radius 2 is 2.07 bits per heavy atom. The van der Waals surface area contributed by atoms with Crippen LogP contribution >= 0.6 is 12.2 Å². The summed E-state index contributed by atoms with van der Waals surface area (Å²) in [6.07, 6.45) is 2.10. The second kappa shape index (κ2) is 7.98. The summed E-state index contributed by atoms with van der Waals surface area (Å²) in [5, 5.41) is 9.80. The molecule has 2 aromatic rings. The zero-order valence-corrected chi connectivity index (χ0v) is 17.7. The SMILES string of the molecule is Cc1ccc(S(=O)(=O)N2CCOCC2)cc1C(=O)NCc1n[nH]c(=S)n1C1CC1. The molecule has 29 heavy (non-hydrogen) atoms. The van der Waals surface area contributed by atoms with Gasteiger partial charge in [0.15, 0.2) is 10.6 Å². The van der Waals surface area contributed by atoms with Crippen LogP contribution in [0, 0.1) is 11.7 Å². The minimum absolute atomic E-state index is 0.107. The molecule has 2 aliphatic rings. The highest BCUT2D eigenvalue weighted by Gasteiger charge is 2.29. The number of benzene rings is 1. The molecule has 1 aromatic carbocycles. The topological polar surface area (TPSA) is 109 Å². The number of hydrogen-bond donors (Lipinski definition) is 2. The van der Waals surface area contributed by atoms with Crippen LogP contribution in [0.5, 0.6) is 0 Å². The zero-order valence-electron chi connectivity index (χ0n) is 16.1. The molecule has 1 saturated heterocycles. The van der Waals surface area contributed by atoms with Gasteiger partial charge in [0.05, 0.1) is 24.7 Å². The Hall–Kier alpha value is -2.08. The number of aromatic amines is 1. The summed E-state index contributed by atoms with van der Waals surface area (Å²) in [4.78, 5) is 12.9. The first-order valence-corrected chi connectivity index (χ1v) is 11.4. The maximum atomic E-state index is 12.9. The number of ether oxygens (including phenoxy) is 1. The number of carbonyl (C=O) groups is 1. The van der Waals surface area contributed by atoms with Crippen LogP contribution in [-0.4, -0.2) is 59.7 Å². The lowest BCUT2D eigenvalue weighted by Crippen LogP contribution is -2.40. The fourth-order valence-electron chi connectivity index (χ4n) is 3.37. The Labute approximate surface area is 174 Å². The second-order valence-corrected chi connectivity index (χ2v) is 9.55. The van der Waals surface area contributed by atoms with Crippen LogP contribution in [-0.2, 0) is 21.3 Å². The van der Waals surface area contributed by atoms with Crippen molar-refractivity contribution in [3.05, 3.63) is 39.9 Å². The molecule has 1 aromatic heterocycles. The van der Waals surface area contributed by atoms with Gasteiger partial charge in [0, 0.05) is 24.7 Å². The minimum atomic E-state index is -3.67. The normalized spacial score (nSPS) is 18.0. The molecule has 1 saturated carbocycles.